The van der Waals surface area contributed by atoms with Crippen molar-refractivity contribution in [3.63, 3.8) is 0 Å². The Morgan fingerprint density at radius 1 is 1.00 bits per heavy atom. The van der Waals surface area contributed by atoms with Crippen molar-refractivity contribution in [1.29, 1.82) is 0 Å². The normalized spacial score (nSPS) is 11.3. The Kier molecular flexibility index (Phi) is 4.55. The van der Waals surface area contributed by atoms with Gasteiger partial charge in [-0.25, -0.2) is 4.98 Å². The van der Waals surface area contributed by atoms with Gasteiger partial charge in [-0.1, -0.05) is 36.0 Å². The lowest BCUT2D eigenvalue weighted by molar-refractivity contribution is 0.885. The van der Waals surface area contributed by atoms with Crippen LogP contribution in [0.4, 0.5) is 0 Å². The second-order valence-electron chi connectivity index (χ2n) is 5.88. The molecule has 0 aliphatic rings. The molecule has 9 heteroatoms. The summed E-state index contributed by atoms with van der Waals surface area (Å²) in [6.07, 6.45) is 1.74. The van der Waals surface area contributed by atoms with Gasteiger partial charge < -0.3 is 0 Å². The molecule has 138 valence electrons. The van der Waals surface area contributed by atoms with Gasteiger partial charge in [0.1, 0.15) is 0 Å². The molecule has 0 spiro atoms. The van der Waals surface area contributed by atoms with E-state index in [-0.39, 0.29) is 5.56 Å². The molecular formula is C19H13N5OS3. The minimum atomic E-state index is -0.0642. The fraction of sp³-hybridized carbons (Fsp3) is 0.0526. The number of hydrogen-bond donors (Lipinski definition) is 0. The summed E-state index contributed by atoms with van der Waals surface area (Å²) in [5.41, 5.74) is 1.67. The summed E-state index contributed by atoms with van der Waals surface area (Å²) in [6.45, 7) is 0. The molecule has 0 saturated heterocycles. The number of thiazole rings is 1. The van der Waals surface area contributed by atoms with Crippen molar-refractivity contribution in [2.45, 2.75) is 10.9 Å². The summed E-state index contributed by atoms with van der Waals surface area (Å²) in [4.78, 5) is 18.5. The molecule has 0 fully saturated rings. The van der Waals surface area contributed by atoms with Gasteiger partial charge in [0.05, 0.1) is 10.6 Å². The van der Waals surface area contributed by atoms with Crippen LogP contribution in [-0.4, -0.2) is 24.1 Å². The molecule has 4 heterocycles. The predicted octanol–water partition coefficient (Wildman–Crippen LogP) is 4.36. The second-order valence-corrected chi connectivity index (χ2v) is 8.65. The molecule has 0 aliphatic heterocycles. The molecule has 1 aromatic carbocycles. The van der Waals surface area contributed by atoms with Gasteiger partial charge in [-0.3, -0.25) is 13.8 Å². The first kappa shape index (κ1) is 17.4. The monoisotopic (exact) mass is 423 g/mol. The number of fused-ring (bicyclic) bond motifs is 1. The molecule has 28 heavy (non-hydrogen) atoms. The number of thioether (sulfide) groups is 1. The van der Waals surface area contributed by atoms with Crippen LogP contribution in [-0.2, 0) is 5.75 Å². The maximum Gasteiger partial charge on any atom is 0.258 e. The van der Waals surface area contributed by atoms with Gasteiger partial charge in [0.2, 0.25) is 0 Å². The quantitative estimate of drug-likeness (QED) is 0.393. The highest BCUT2D eigenvalue weighted by Gasteiger charge is 2.17. The van der Waals surface area contributed by atoms with Crippen LogP contribution in [0.2, 0.25) is 0 Å². The van der Waals surface area contributed by atoms with Gasteiger partial charge in [-0.2, -0.15) is 0 Å². The van der Waals surface area contributed by atoms with Crippen LogP contribution in [0.25, 0.3) is 21.3 Å². The van der Waals surface area contributed by atoms with Crippen LogP contribution in [0.1, 0.15) is 5.69 Å². The van der Waals surface area contributed by atoms with Crippen molar-refractivity contribution in [2.75, 3.05) is 0 Å². The van der Waals surface area contributed by atoms with E-state index in [1.54, 1.807) is 28.0 Å². The van der Waals surface area contributed by atoms with Crippen molar-refractivity contribution in [1.82, 2.24) is 24.1 Å². The van der Waals surface area contributed by atoms with Gasteiger partial charge in [0.25, 0.3) is 5.56 Å². The average molecular weight is 424 g/mol. The molecule has 0 aliphatic carbocycles. The number of nitrogens with zero attached hydrogens (tertiary/aromatic N) is 5. The molecule has 5 rings (SSSR count). The average Bonchev–Trinajstić information content (AvgIpc) is 3.46. The van der Waals surface area contributed by atoms with E-state index in [0.717, 1.165) is 27.2 Å². The van der Waals surface area contributed by atoms with E-state index >= 15 is 0 Å². The first-order valence-corrected chi connectivity index (χ1v) is 11.2. The Hall–Kier alpha value is -2.75. The number of thiophene rings is 1. The smallest absolute Gasteiger partial charge is 0.258 e. The van der Waals surface area contributed by atoms with Gasteiger partial charge in [-0.05, 0) is 23.6 Å². The topological polar surface area (TPSA) is 65.1 Å². The van der Waals surface area contributed by atoms with E-state index in [4.69, 9.17) is 0 Å². The third-order valence-corrected chi connectivity index (χ3v) is 6.68. The number of para-hydroxylation sites is 1. The summed E-state index contributed by atoms with van der Waals surface area (Å²) in [5, 5.41) is 13.5. The highest BCUT2D eigenvalue weighted by atomic mass is 32.2. The number of rotatable bonds is 5. The molecule has 0 bridgehead atoms. The van der Waals surface area contributed by atoms with Crippen molar-refractivity contribution < 1.29 is 0 Å². The van der Waals surface area contributed by atoms with Crippen molar-refractivity contribution in [3.8, 4) is 16.4 Å². The minimum Gasteiger partial charge on any atom is -0.269 e. The zero-order valence-electron chi connectivity index (χ0n) is 14.4. The maximum absolute atomic E-state index is 12.2. The van der Waals surface area contributed by atoms with E-state index < -0.39 is 0 Å². The van der Waals surface area contributed by atoms with Crippen LogP contribution in [0.15, 0.2) is 75.4 Å². The van der Waals surface area contributed by atoms with Crippen LogP contribution in [0.5, 0.6) is 0 Å². The van der Waals surface area contributed by atoms with E-state index in [2.05, 4.69) is 15.2 Å². The van der Waals surface area contributed by atoms with E-state index in [1.165, 1.54) is 23.1 Å². The molecule has 0 N–H and O–H groups in total. The SMILES string of the molecule is O=c1cc(CSc2nnc(-c3cccs3)n2-c2ccccc2)nc2sccn12. The molecule has 0 radical (unpaired) electrons. The van der Waals surface area contributed by atoms with Crippen LogP contribution < -0.4 is 5.56 Å². The van der Waals surface area contributed by atoms with Crippen LogP contribution in [0.3, 0.4) is 0 Å². The Bertz CT molecular complexity index is 1290. The number of aromatic nitrogens is 5. The van der Waals surface area contributed by atoms with Crippen molar-refractivity contribution in [2.24, 2.45) is 0 Å². The largest absolute Gasteiger partial charge is 0.269 e. The Morgan fingerprint density at radius 2 is 1.89 bits per heavy atom. The third kappa shape index (κ3) is 3.17. The first-order chi connectivity index (χ1) is 13.8. The lowest BCUT2D eigenvalue weighted by atomic mass is 10.3. The zero-order chi connectivity index (χ0) is 18.9. The lowest BCUT2D eigenvalue weighted by Gasteiger charge is -2.09. The fourth-order valence-electron chi connectivity index (χ4n) is 2.84. The molecule has 0 saturated carbocycles. The van der Waals surface area contributed by atoms with E-state index in [0.29, 0.717) is 10.7 Å². The minimum absolute atomic E-state index is 0.0642. The fourth-order valence-corrected chi connectivity index (χ4v) is 5.12. The van der Waals surface area contributed by atoms with Crippen molar-refractivity contribution >= 4 is 39.4 Å². The van der Waals surface area contributed by atoms with E-state index in [1.807, 2.05) is 57.8 Å². The highest BCUT2D eigenvalue weighted by molar-refractivity contribution is 7.98. The second kappa shape index (κ2) is 7.34. The molecule has 5 aromatic rings. The Morgan fingerprint density at radius 3 is 2.71 bits per heavy atom. The molecule has 6 nitrogen and oxygen atoms in total. The van der Waals surface area contributed by atoms with Gasteiger partial charge in [0, 0.05) is 29.1 Å². The number of benzene rings is 1. The van der Waals surface area contributed by atoms with Gasteiger partial charge in [-0.15, -0.1) is 32.9 Å². The first-order valence-electron chi connectivity index (χ1n) is 8.43. The molecule has 4 aromatic heterocycles. The predicted molar refractivity (Wildman–Crippen MR) is 114 cm³/mol. The standard InChI is InChI=1S/C19H13N5OS3/c25-16-11-13(20-18-23(16)8-10-27-18)12-28-19-22-21-17(15-7-4-9-26-15)24(19)14-5-2-1-3-6-14/h1-11H,12H2. The van der Waals surface area contributed by atoms with Crippen LogP contribution >= 0.6 is 34.4 Å². The lowest BCUT2D eigenvalue weighted by Crippen LogP contribution is -2.12. The Labute approximate surface area is 172 Å². The molecule has 0 atom stereocenters. The summed E-state index contributed by atoms with van der Waals surface area (Å²) in [7, 11) is 0. The zero-order valence-corrected chi connectivity index (χ0v) is 16.9. The van der Waals surface area contributed by atoms with Crippen LogP contribution in [0, 0.1) is 0 Å². The van der Waals surface area contributed by atoms with Gasteiger partial charge in [0.15, 0.2) is 15.9 Å². The molecule has 0 amide bonds. The number of hydrogen-bond acceptors (Lipinski definition) is 7. The summed E-state index contributed by atoms with van der Waals surface area (Å²) >= 11 is 4.60. The molecular weight excluding hydrogens is 410 g/mol. The maximum atomic E-state index is 12.2. The summed E-state index contributed by atoms with van der Waals surface area (Å²) < 4.78 is 3.60. The van der Waals surface area contributed by atoms with Crippen molar-refractivity contribution in [3.05, 3.63) is 81.5 Å². The van der Waals surface area contributed by atoms with E-state index in [9.17, 15) is 4.79 Å². The highest BCUT2D eigenvalue weighted by Crippen LogP contribution is 2.31. The Balaban J connectivity index is 1.52. The van der Waals surface area contributed by atoms with Gasteiger partial charge >= 0.3 is 0 Å². The third-order valence-electron chi connectivity index (χ3n) is 4.09. The molecule has 0 unspecified atom stereocenters. The summed E-state index contributed by atoms with van der Waals surface area (Å²) in [5.74, 6) is 1.35. The summed E-state index contributed by atoms with van der Waals surface area (Å²) in [6, 6.07) is 15.7.